The molecule has 164 valence electrons. The van der Waals surface area contributed by atoms with E-state index >= 15 is 0 Å². The number of benzene rings is 1. The molecule has 2 aliphatic rings. The number of rotatable bonds is 6. The van der Waals surface area contributed by atoms with Crippen LogP contribution in [-0.2, 0) is 0 Å². The van der Waals surface area contributed by atoms with Crippen LogP contribution in [0, 0.1) is 11.6 Å². The fourth-order valence-corrected chi connectivity index (χ4v) is 4.35. The van der Waals surface area contributed by atoms with Crippen LogP contribution in [0.4, 0.5) is 14.5 Å². The van der Waals surface area contributed by atoms with Crippen molar-refractivity contribution in [2.24, 2.45) is 4.99 Å². The third-order valence-corrected chi connectivity index (χ3v) is 6.12. The number of anilines is 1. The Morgan fingerprint density at radius 3 is 2.72 bits per heavy atom. The van der Waals surface area contributed by atoms with Crippen LogP contribution in [-0.4, -0.2) is 53.3 Å². The molecule has 32 heavy (non-hydrogen) atoms. The highest BCUT2D eigenvalue weighted by Gasteiger charge is 2.22. The van der Waals surface area contributed by atoms with Crippen molar-refractivity contribution >= 4 is 39.6 Å². The van der Waals surface area contributed by atoms with E-state index in [1.165, 1.54) is 32.0 Å². The number of likely N-dealkylation sites (tertiary alicyclic amines) is 1. The Kier molecular flexibility index (Phi) is 5.85. The van der Waals surface area contributed by atoms with Crippen molar-refractivity contribution in [2.75, 3.05) is 38.0 Å². The number of nitrogens with one attached hydrogen (secondary N) is 1. The molecule has 0 aliphatic carbocycles. The summed E-state index contributed by atoms with van der Waals surface area (Å²) >= 11 is 5.89. The second kappa shape index (κ2) is 8.92. The largest absolute Gasteiger partial charge is 0.382 e. The molecular weight excluding hydrogens is 432 g/mol. The summed E-state index contributed by atoms with van der Waals surface area (Å²) in [5, 5.41) is 3.28. The smallest absolute Gasteiger partial charge is 0.144 e. The lowest BCUT2D eigenvalue weighted by molar-refractivity contribution is 0.352. The zero-order valence-electron chi connectivity index (χ0n) is 17.4. The zero-order chi connectivity index (χ0) is 22.1. The highest BCUT2D eigenvalue weighted by Crippen LogP contribution is 2.29. The molecule has 5 rings (SSSR count). The van der Waals surface area contributed by atoms with Crippen molar-refractivity contribution in [3.8, 4) is 0 Å². The molecule has 2 aromatic heterocycles. The molecule has 8 heteroatoms. The molecule has 1 fully saturated rings. The van der Waals surface area contributed by atoms with Gasteiger partial charge in [-0.2, -0.15) is 0 Å². The molecule has 0 bridgehead atoms. The Balaban J connectivity index is 1.39. The number of aliphatic imine (C=N–C) groups is 1. The van der Waals surface area contributed by atoms with Gasteiger partial charge in [0, 0.05) is 30.3 Å². The fourth-order valence-electron chi connectivity index (χ4n) is 4.19. The van der Waals surface area contributed by atoms with Crippen LogP contribution in [0.3, 0.4) is 0 Å². The molecule has 1 aromatic carbocycles. The summed E-state index contributed by atoms with van der Waals surface area (Å²) in [6, 6.07) is 7.75. The van der Waals surface area contributed by atoms with E-state index in [0.717, 1.165) is 35.9 Å². The number of fused-ring (bicyclic) bond motifs is 1. The van der Waals surface area contributed by atoms with Crippen molar-refractivity contribution in [2.45, 2.75) is 12.8 Å². The van der Waals surface area contributed by atoms with Gasteiger partial charge in [-0.25, -0.2) is 13.8 Å². The van der Waals surface area contributed by atoms with Crippen LogP contribution in [0.15, 0.2) is 47.6 Å². The minimum Gasteiger partial charge on any atom is -0.382 e. The number of pyridine rings is 2. The Labute approximate surface area is 189 Å². The maximum Gasteiger partial charge on any atom is 0.144 e. The summed E-state index contributed by atoms with van der Waals surface area (Å²) in [6.07, 6.45) is 6.25. The molecule has 0 saturated carbocycles. The van der Waals surface area contributed by atoms with E-state index in [1.54, 1.807) is 0 Å². The summed E-state index contributed by atoms with van der Waals surface area (Å²) in [5.74, 6) is -1.50. The predicted molar refractivity (Wildman–Crippen MR) is 124 cm³/mol. The highest BCUT2D eigenvalue weighted by atomic mass is 35.5. The first-order chi connectivity index (χ1) is 15.6. The van der Waals surface area contributed by atoms with Crippen LogP contribution >= 0.6 is 11.6 Å². The maximum absolute atomic E-state index is 14.5. The molecule has 1 saturated heterocycles. The van der Waals surface area contributed by atoms with Crippen LogP contribution in [0.2, 0.25) is 5.02 Å². The van der Waals surface area contributed by atoms with Crippen LogP contribution in [0.25, 0.3) is 16.6 Å². The quantitative estimate of drug-likeness (QED) is 0.536. The van der Waals surface area contributed by atoms with E-state index in [0.29, 0.717) is 23.5 Å². The van der Waals surface area contributed by atoms with E-state index in [9.17, 15) is 8.78 Å². The Bertz CT molecular complexity index is 1230. The van der Waals surface area contributed by atoms with E-state index in [2.05, 4.69) is 20.2 Å². The standard InChI is InChI=1S/C24H22ClF2N5/c25-18-12-17(19(26)13-20(18)27)24-16(5-6-29-24)21-3-4-22-23(31-21)11-15(14-30-22)28-7-10-32-8-1-2-9-32/h3-5,11-14,28H,1-2,6-10H2. The summed E-state index contributed by atoms with van der Waals surface area (Å²) in [5.41, 5.74) is 4.35. The van der Waals surface area contributed by atoms with Gasteiger partial charge in [0.2, 0.25) is 0 Å². The molecule has 0 amide bonds. The molecule has 2 aliphatic heterocycles. The molecule has 0 spiro atoms. The first kappa shape index (κ1) is 21.0. The lowest BCUT2D eigenvalue weighted by Gasteiger charge is -2.15. The number of hydrogen-bond donors (Lipinski definition) is 1. The third-order valence-electron chi connectivity index (χ3n) is 5.83. The van der Waals surface area contributed by atoms with Crippen molar-refractivity contribution in [1.82, 2.24) is 14.9 Å². The highest BCUT2D eigenvalue weighted by molar-refractivity contribution is 6.35. The van der Waals surface area contributed by atoms with E-state index in [4.69, 9.17) is 16.6 Å². The molecule has 5 nitrogen and oxygen atoms in total. The molecule has 0 radical (unpaired) electrons. The van der Waals surface area contributed by atoms with Gasteiger partial charge in [-0.05, 0) is 50.2 Å². The Morgan fingerprint density at radius 2 is 1.88 bits per heavy atom. The number of allylic oxidation sites excluding steroid dienone is 1. The lowest BCUT2D eigenvalue weighted by Crippen LogP contribution is -2.25. The maximum atomic E-state index is 14.5. The van der Waals surface area contributed by atoms with Gasteiger partial charge in [-0.3, -0.25) is 9.98 Å². The number of aromatic nitrogens is 2. The number of nitrogens with zero attached hydrogens (tertiary/aromatic N) is 4. The normalized spacial score (nSPS) is 16.5. The number of hydrogen-bond acceptors (Lipinski definition) is 5. The van der Waals surface area contributed by atoms with Gasteiger partial charge >= 0.3 is 0 Å². The van der Waals surface area contributed by atoms with Crippen molar-refractivity contribution in [3.63, 3.8) is 0 Å². The number of halogens is 3. The molecule has 0 unspecified atom stereocenters. The van der Waals surface area contributed by atoms with Gasteiger partial charge in [-0.15, -0.1) is 0 Å². The first-order valence-electron chi connectivity index (χ1n) is 10.7. The third kappa shape index (κ3) is 4.23. The van der Waals surface area contributed by atoms with Gasteiger partial charge in [0.1, 0.15) is 11.6 Å². The topological polar surface area (TPSA) is 53.4 Å². The lowest BCUT2D eigenvalue weighted by atomic mass is 9.99. The van der Waals surface area contributed by atoms with Gasteiger partial charge in [0.05, 0.1) is 45.9 Å². The Hall–Kier alpha value is -2.90. The molecule has 0 atom stereocenters. The average molecular weight is 454 g/mol. The summed E-state index contributed by atoms with van der Waals surface area (Å²) in [7, 11) is 0. The van der Waals surface area contributed by atoms with Crippen molar-refractivity contribution in [1.29, 1.82) is 0 Å². The summed E-state index contributed by atoms with van der Waals surface area (Å²) in [6.45, 7) is 4.58. The fraction of sp³-hybridized carbons (Fsp3) is 0.292. The van der Waals surface area contributed by atoms with Crippen LogP contribution in [0.1, 0.15) is 24.1 Å². The molecular formula is C24H22ClF2N5. The van der Waals surface area contributed by atoms with E-state index in [1.807, 2.05) is 30.5 Å². The minimum absolute atomic E-state index is 0.143. The molecule has 4 heterocycles. The predicted octanol–water partition coefficient (Wildman–Crippen LogP) is 4.96. The second-order valence-corrected chi connectivity index (χ2v) is 8.39. The van der Waals surface area contributed by atoms with Crippen molar-refractivity contribution < 1.29 is 8.78 Å². The van der Waals surface area contributed by atoms with E-state index < -0.39 is 11.6 Å². The summed E-state index contributed by atoms with van der Waals surface area (Å²) in [4.78, 5) is 16.1. The van der Waals surface area contributed by atoms with Gasteiger partial charge in [0.15, 0.2) is 0 Å². The van der Waals surface area contributed by atoms with Crippen LogP contribution in [0.5, 0.6) is 0 Å². The molecule has 1 N–H and O–H groups in total. The van der Waals surface area contributed by atoms with Crippen molar-refractivity contribution in [3.05, 3.63) is 70.5 Å². The monoisotopic (exact) mass is 453 g/mol. The van der Waals surface area contributed by atoms with Gasteiger partial charge in [0.25, 0.3) is 0 Å². The Morgan fingerprint density at radius 1 is 1.03 bits per heavy atom. The zero-order valence-corrected chi connectivity index (χ0v) is 18.2. The van der Waals surface area contributed by atoms with Gasteiger partial charge < -0.3 is 10.2 Å². The van der Waals surface area contributed by atoms with Gasteiger partial charge in [-0.1, -0.05) is 17.7 Å². The minimum atomic E-state index is -0.795. The van der Waals surface area contributed by atoms with E-state index in [-0.39, 0.29) is 10.6 Å². The van der Waals surface area contributed by atoms with Crippen LogP contribution < -0.4 is 5.32 Å². The average Bonchev–Trinajstić information content (AvgIpc) is 3.48. The second-order valence-electron chi connectivity index (χ2n) is 7.99. The SMILES string of the molecule is Fc1cc(F)c(C2=NCC=C2c2ccc3ncc(NCCN4CCCC4)cc3n2)cc1Cl. The first-order valence-corrected chi connectivity index (χ1v) is 11.1. The summed E-state index contributed by atoms with van der Waals surface area (Å²) < 4.78 is 28.1. The molecule has 3 aromatic rings.